The van der Waals surface area contributed by atoms with Gasteiger partial charge in [0.25, 0.3) is 0 Å². The molecule has 14 heavy (non-hydrogen) atoms. The maximum absolute atomic E-state index is 10.5. The van der Waals surface area contributed by atoms with Crippen molar-refractivity contribution in [3.8, 4) is 0 Å². The van der Waals surface area contributed by atoms with Crippen LogP contribution in [0.15, 0.2) is 0 Å². The Hall–Kier alpha value is 0.0300. The fraction of sp³-hybridized carbons (Fsp3) is 1.00. The highest BCUT2D eigenvalue weighted by molar-refractivity contribution is 7.79. The Bertz CT molecular complexity index is 181. The van der Waals surface area contributed by atoms with Gasteiger partial charge in [0, 0.05) is 26.2 Å². The van der Waals surface area contributed by atoms with Crippen molar-refractivity contribution in [2.24, 2.45) is 0 Å². The lowest BCUT2D eigenvalue weighted by atomic mass is 10.1. The van der Waals surface area contributed by atoms with Gasteiger partial charge in [-0.2, -0.15) is 0 Å². The second-order valence-electron chi connectivity index (χ2n) is 3.52. The number of rotatable bonds is 5. The lowest BCUT2D eigenvalue weighted by Gasteiger charge is -2.31. The molecule has 1 saturated heterocycles. The van der Waals surface area contributed by atoms with Gasteiger partial charge in [0.05, 0.1) is 11.9 Å². The lowest BCUT2D eigenvalue weighted by Crippen LogP contribution is -2.38. The molecule has 1 atom stereocenters. The van der Waals surface area contributed by atoms with Crippen LogP contribution in [0.25, 0.3) is 0 Å². The van der Waals surface area contributed by atoms with E-state index in [2.05, 4.69) is 4.90 Å². The Morgan fingerprint density at radius 3 is 2.64 bits per heavy atom. The fourth-order valence-corrected chi connectivity index (χ4v) is 2.16. The largest absolute Gasteiger partial charge is 0.378 e. The maximum Gasteiger partial charge on any atom is 0.154 e. The highest BCUT2D eigenvalue weighted by Gasteiger charge is 2.18. The molecule has 0 bridgehead atoms. The van der Waals surface area contributed by atoms with E-state index >= 15 is 0 Å². The van der Waals surface area contributed by atoms with Crippen molar-refractivity contribution in [3.63, 3.8) is 0 Å². The monoisotopic (exact) mass is 221 g/mol. The van der Waals surface area contributed by atoms with Crippen molar-refractivity contribution in [1.29, 1.82) is 0 Å². The van der Waals surface area contributed by atoms with Crippen molar-refractivity contribution in [2.45, 2.75) is 25.9 Å². The van der Waals surface area contributed by atoms with Gasteiger partial charge >= 0.3 is 0 Å². The van der Waals surface area contributed by atoms with E-state index in [0.29, 0.717) is 11.9 Å². The van der Waals surface area contributed by atoms with Crippen molar-refractivity contribution >= 4 is 11.1 Å². The third-order valence-corrected chi connectivity index (χ3v) is 3.05. The second kappa shape index (κ2) is 6.50. The van der Waals surface area contributed by atoms with Gasteiger partial charge in [0.1, 0.15) is 0 Å². The lowest BCUT2D eigenvalue weighted by molar-refractivity contribution is 0.0156. The summed E-state index contributed by atoms with van der Waals surface area (Å²) in [6.07, 6.45) is 2.49. The Labute approximate surface area is 87.9 Å². The molecule has 1 aliphatic rings. The topological polar surface area (TPSA) is 49.8 Å². The number of likely N-dealkylation sites (tertiary alicyclic amines) is 1. The van der Waals surface area contributed by atoms with E-state index in [-0.39, 0.29) is 0 Å². The molecule has 84 valence electrons. The zero-order chi connectivity index (χ0) is 10.4. The zero-order valence-corrected chi connectivity index (χ0v) is 9.46. The number of piperidine rings is 1. The Morgan fingerprint density at radius 2 is 2.14 bits per heavy atom. The van der Waals surface area contributed by atoms with Crippen molar-refractivity contribution < 1.29 is 13.5 Å². The van der Waals surface area contributed by atoms with Crippen LogP contribution in [0.1, 0.15) is 19.8 Å². The van der Waals surface area contributed by atoms with Crippen LogP contribution in [-0.2, 0) is 15.8 Å². The molecule has 4 nitrogen and oxygen atoms in total. The number of nitrogens with zero attached hydrogens (tertiary/aromatic N) is 1. The first-order chi connectivity index (χ1) is 6.72. The van der Waals surface area contributed by atoms with Gasteiger partial charge in [-0.25, -0.2) is 4.21 Å². The first kappa shape index (κ1) is 12.1. The second-order valence-corrected chi connectivity index (χ2v) is 4.57. The molecule has 0 radical (unpaired) electrons. The molecule has 1 heterocycles. The molecule has 0 aromatic heterocycles. The van der Waals surface area contributed by atoms with E-state index < -0.39 is 11.1 Å². The quantitative estimate of drug-likeness (QED) is 0.695. The van der Waals surface area contributed by atoms with Crippen LogP contribution >= 0.6 is 0 Å². The van der Waals surface area contributed by atoms with Crippen LogP contribution in [-0.4, -0.2) is 51.8 Å². The molecule has 1 rings (SSSR count). The highest BCUT2D eigenvalue weighted by Crippen LogP contribution is 2.12. The van der Waals surface area contributed by atoms with E-state index in [1.165, 1.54) is 0 Å². The predicted octanol–water partition coefficient (Wildman–Crippen LogP) is 0.709. The van der Waals surface area contributed by atoms with Crippen LogP contribution in [0.5, 0.6) is 0 Å². The van der Waals surface area contributed by atoms with Crippen molar-refractivity contribution in [1.82, 2.24) is 4.90 Å². The van der Waals surface area contributed by atoms with Crippen LogP contribution < -0.4 is 0 Å². The average Bonchev–Trinajstić information content (AvgIpc) is 2.17. The molecule has 1 aliphatic heterocycles. The Morgan fingerprint density at radius 1 is 1.50 bits per heavy atom. The molecule has 0 amide bonds. The summed E-state index contributed by atoms with van der Waals surface area (Å²) in [6, 6.07) is 0. The zero-order valence-electron chi connectivity index (χ0n) is 8.65. The van der Waals surface area contributed by atoms with Crippen molar-refractivity contribution in [3.05, 3.63) is 0 Å². The molecular weight excluding hydrogens is 202 g/mol. The number of ether oxygens (including phenoxy) is 1. The number of hydrogen-bond donors (Lipinski definition) is 1. The Balaban J connectivity index is 2.12. The van der Waals surface area contributed by atoms with Crippen LogP contribution in [0.3, 0.4) is 0 Å². The summed E-state index contributed by atoms with van der Waals surface area (Å²) in [7, 11) is 0. The molecule has 1 N–H and O–H groups in total. The maximum atomic E-state index is 10.5. The van der Waals surface area contributed by atoms with Crippen LogP contribution in [0, 0.1) is 0 Å². The van der Waals surface area contributed by atoms with E-state index in [0.717, 1.165) is 39.1 Å². The molecule has 0 aliphatic carbocycles. The summed E-state index contributed by atoms with van der Waals surface area (Å²) in [6.45, 7) is 5.50. The molecule has 1 fully saturated rings. The van der Waals surface area contributed by atoms with Crippen LogP contribution in [0.4, 0.5) is 0 Å². The first-order valence-corrected chi connectivity index (χ1v) is 6.41. The summed E-state index contributed by atoms with van der Waals surface area (Å²) in [5.41, 5.74) is 0. The Kier molecular flexibility index (Phi) is 5.62. The molecule has 0 saturated carbocycles. The summed E-state index contributed by atoms with van der Waals surface area (Å²) in [4.78, 5) is 2.23. The third-order valence-electron chi connectivity index (χ3n) is 2.52. The SMILES string of the molecule is CCOC1CCN(CCS(=O)O)CC1. The average molecular weight is 221 g/mol. The van der Waals surface area contributed by atoms with E-state index in [1.807, 2.05) is 6.92 Å². The summed E-state index contributed by atoms with van der Waals surface area (Å²) < 4.78 is 24.6. The van der Waals surface area contributed by atoms with Gasteiger partial charge in [-0.05, 0) is 19.8 Å². The van der Waals surface area contributed by atoms with Crippen molar-refractivity contribution in [2.75, 3.05) is 32.0 Å². The van der Waals surface area contributed by atoms with Gasteiger partial charge in [-0.3, -0.25) is 0 Å². The summed E-state index contributed by atoms with van der Waals surface area (Å²) >= 11 is -1.65. The van der Waals surface area contributed by atoms with E-state index in [9.17, 15) is 4.21 Å². The summed E-state index contributed by atoms with van der Waals surface area (Å²) in [5, 5.41) is 0. The van der Waals surface area contributed by atoms with Gasteiger partial charge in [-0.15, -0.1) is 0 Å². The standard InChI is InChI=1S/C9H19NO3S/c1-2-13-9-3-5-10(6-4-9)7-8-14(11)12/h9H,2-8H2,1H3,(H,11,12). The minimum Gasteiger partial charge on any atom is -0.378 e. The molecule has 0 aromatic carbocycles. The molecule has 0 spiro atoms. The normalized spacial score (nSPS) is 22.4. The minimum absolute atomic E-state index is 0.360. The van der Waals surface area contributed by atoms with E-state index in [1.54, 1.807) is 0 Å². The highest BCUT2D eigenvalue weighted by atomic mass is 32.2. The summed E-state index contributed by atoms with van der Waals surface area (Å²) in [5.74, 6) is 0.360. The van der Waals surface area contributed by atoms with Gasteiger partial charge < -0.3 is 14.2 Å². The molecule has 5 heteroatoms. The third kappa shape index (κ3) is 4.50. The minimum atomic E-state index is -1.65. The predicted molar refractivity (Wildman–Crippen MR) is 56.7 cm³/mol. The van der Waals surface area contributed by atoms with E-state index in [4.69, 9.17) is 9.29 Å². The van der Waals surface area contributed by atoms with Crippen LogP contribution in [0.2, 0.25) is 0 Å². The van der Waals surface area contributed by atoms with Gasteiger partial charge in [0.15, 0.2) is 11.1 Å². The smallest absolute Gasteiger partial charge is 0.154 e. The molecule has 0 aromatic rings. The van der Waals surface area contributed by atoms with Gasteiger partial charge in [0.2, 0.25) is 0 Å². The molecular formula is C9H19NO3S. The molecule has 1 unspecified atom stereocenters. The van der Waals surface area contributed by atoms with Gasteiger partial charge in [-0.1, -0.05) is 0 Å². The first-order valence-electron chi connectivity index (χ1n) is 5.13. The number of hydrogen-bond acceptors (Lipinski definition) is 3. The fourth-order valence-electron chi connectivity index (χ4n) is 1.74.